The summed E-state index contributed by atoms with van der Waals surface area (Å²) in [7, 11) is 1.62. The number of carbonyl (C=O) groups excluding carboxylic acids is 2. The first kappa shape index (κ1) is 21.7. The van der Waals surface area contributed by atoms with Crippen LogP contribution in [0.5, 0.6) is 5.75 Å². The summed E-state index contributed by atoms with van der Waals surface area (Å²) in [5.74, 6) is 1.16. The molecule has 1 aliphatic heterocycles. The number of pyridine rings is 1. The van der Waals surface area contributed by atoms with E-state index >= 15 is 0 Å². The number of fused-ring (bicyclic) bond motifs is 1. The maximum absolute atomic E-state index is 13.2. The molecule has 1 aromatic carbocycles. The Morgan fingerprint density at radius 2 is 1.88 bits per heavy atom. The first-order valence-corrected chi connectivity index (χ1v) is 10.7. The Morgan fingerprint density at radius 1 is 1.12 bits per heavy atom. The zero-order valence-electron chi connectivity index (χ0n) is 18.6. The van der Waals surface area contributed by atoms with Gasteiger partial charge in [-0.25, -0.2) is 9.97 Å². The molecule has 1 fully saturated rings. The Kier molecular flexibility index (Phi) is 6.03. The van der Waals surface area contributed by atoms with Crippen LogP contribution in [0.25, 0.3) is 10.9 Å². The minimum absolute atomic E-state index is 0.00567. The summed E-state index contributed by atoms with van der Waals surface area (Å²) in [4.78, 5) is 40.0. The van der Waals surface area contributed by atoms with Crippen LogP contribution in [0.15, 0.2) is 30.5 Å². The molecule has 1 aliphatic rings. The molecule has 0 spiro atoms. The molecule has 0 aliphatic carbocycles. The highest BCUT2D eigenvalue weighted by Crippen LogP contribution is 2.26. The Labute approximate surface area is 186 Å². The van der Waals surface area contributed by atoms with Crippen molar-refractivity contribution in [2.24, 2.45) is 11.7 Å². The highest BCUT2D eigenvalue weighted by molar-refractivity contribution is 5.99. The van der Waals surface area contributed by atoms with E-state index in [9.17, 15) is 9.59 Å². The first-order valence-electron chi connectivity index (χ1n) is 10.7. The average Bonchev–Trinajstić information content (AvgIpc) is 2.78. The SMILES string of the molecule is COc1ccc2nc(C)c(C(=O)N3CCC(Cc4nc(C)ncc4C(N)=O)CC3)cc2c1. The van der Waals surface area contributed by atoms with Crippen LogP contribution in [0, 0.1) is 19.8 Å². The summed E-state index contributed by atoms with van der Waals surface area (Å²) in [5.41, 5.74) is 8.73. The van der Waals surface area contributed by atoms with Gasteiger partial charge in [0, 0.05) is 24.7 Å². The number of likely N-dealkylation sites (tertiary alicyclic amines) is 1. The van der Waals surface area contributed by atoms with Crippen molar-refractivity contribution in [3.63, 3.8) is 0 Å². The molecular weight excluding hydrogens is 406 g/mol. The van der Waals surface area contributed by atoms with E-state index in [0.717, 1.165) is 35.2 Å². The van der Waals surface area contributed by atoms with Crippen LogP contribution in [-0.2, 0) is 6.42 Å². The topological polar surface area (TPSA) is 111 Å². The summed E-state index contributed by atoms with van der Waals surface area (Å²) >= 11 is 0. The third-order valence-corrected chi connectivity index (χ3v) is 6.08. The van der Waals surface area contributed by atoms with E-state index in [1.54, 1.807) is 14.0 Å². The molecule has 0 unspecified atom stereocenters. The number of amides is 2. The third kappa shape index (κ3) is 4.39. The van der Waals surface area contributed by atoms with Crippen LogP contribution in [0.3, 0.4) is 0 Å². The lowest BCUT2D eigenvalue weighted by Gasteiger charge is -2.32. The van der Waals surface area contributed by atoms with Gasteiger partial charge in [-0.1, -0.05) is 0 Å². The van der Waals surface area contributed by atoms with Crippen LogP contribution in [0.4, 0.5) is 0 Å². The monoisotopic (exact) mass is 433 g/mol. The minimum Gasteiger partial charge on any atom is -0.497 e. The van der Waals surface area contributed by atoms with Crippen LogP contribution in [0.1, 0.15) is 50.8 Å². The van der Waals surface area contributed by atoms with Crippen molar-refractivity contribution in [3.8, 4) is 5.75 Å². The molecule has 2 amide bonds. The fraction of sp³-hybridized carbons (Fsp3) is 0.375. The molecule has 0 bridgehead atoms. The normalized spacial score (nSPS) is 14.5. The lowest BCUT2D eigenvalue weighted by molar-refractivity contribution is 0.0689. The number of piperidine rings is 1. The molecule has 8 nitrogen and oxygen atoms in total. The van der Waals surface area contributed by atoms with Gasteiger partial charge in [-0.15, -0.1) is 0 Å². The van der Waals surface area contributed by atoms with Gasteiger partial charge in [-0.05, 0) is 63.3 Å². The molecule has 32 heavy (non-hydrogen) atoms. The van der Waals surface area contributed by atoms with Gasteiger partial charge in [0.05, 0.1) is 35.1 Å². The zero-order valence-corrected chi connectivity index (χ0v) is 18.6. The van der Waals surface area contributed by atoms with Gasteiger partial charge in [0.2, 0.25) is 0 Å². The van der Waals surface area contributed by atoms with Crippen molar-refractivity contribution in [1.82, 2.24) is 19.9 Å². The summed E-state index contributed by atoms with van der Waals surface area (Å²) < 4.78 is 5.30. The number of aromatic nitrogens is 3. The fourth-order valence-corrected chi connectivity index (χ4v) is 4.26. The van der Waals surface area contributed by atoms with E-state index in [4.69, 9.17) is 10.5 Å². The Bertz CT molecular complexity index is 1190. The van der Waals surface area contributed by atoms with Crippen molar-refractivity contribution in [3.05, 3.63) is 58.8 Å². The van der Waals surface area contributed by atoms with E-state index in [1.807, 2.05) is 36.1 Å². The second kappa shape index (κ2) is 8.90. The van der Waals surface area contributed by atoms with Gasteiger partial charge in [0.1, 0.15) is 11.6 Å². The maximum Gasteiger partial charge on any atom is 0.255 e. The number of benzene rings is 1. The van der Waals surface area contributed by atoms with Gasteiger partial charge < -0.3 is 15.4 Å². The minimum atomic E-state index is -0.511. The molecule has 1 saturated heterocycles. The van der Waals surface area contributed by atoms with Crippen LogP contribution >= 0.6 is 0 Å². The smallest absolute Gasteiger partial charge is 0.255 e. The lowest BCUT2D eigenvalue weighted by atomic mass is 9.90. The molecule has 0 radical (unpaired) electrons. The summed E-state index contributed by atoms with van der Waals surface area (Å²) in [6.07, 6.45) is 3.82. The quantitative estimate of drug-likeness (QED) is 0.662. The summed E-state index contributed by atoms with van der Waals surface area (Å²) in [6.45, 7) is 4.96. The number of ether oxygens (including phenoxy) is 1. The van der Waals surface area contributed by atoms with Crippen molar-refractivity contribution in [1.29, 1.82) is 0 Å². The van der Waals surface area contributed by atoms with Crippen molar-refractivity contribution < 1.29 is 14.3 Å². The third-order valence-electron chi connectivity index (χ3n) is 6.08. The molecule has 0 atom stereocenters. The van der Waals surface area contributed by atoms with Crippen molar-refractivity contribution in [2.45, 2.75) is 33.1 Å². The van der Waals surface area contributed by atoms with Gasteiger partial charge >= 0.3 is 0 Å². The molecule has 3 aromatic rings. The highest BCUT2D eigenvalue weighted by atomic mass is 16.5. The number of primary amides is 1. The number of carbonyl (C=O) groups is 2. The number of rotatable bonds is 5. The van der Waals surface area contributed by atoms with E-state index in [-0.39, 0.29) is 5.91 Å². The van der Waals surface area contributed by atoms with Gasteiger partial charge in [-0.3, -0.25) is 14.6 Å². The molecule has 8 heteroatoms. The van der Waals surface area contributed by atoms with Crippen molar-refractivity contribution in [2.75, 3.05) is 20.2 Å². The predicted octanol–water partition coefficient (Wildman–Crippen LogP) is 2.84. The number of nitrogens with zero attached hydrogens (tertiary/aromatic N) is 4. The zero-order chi connectivity index (χ0) is 22.8. The second-order valence-electron chi connectivity index (χ2n) is 8.26. The van der Waals surface area contributed by atoms with Crippen molar-refractivity contribution >= 4 is 22.7 Å². The Balaban J connectivity index is 1.47. The first-order chi connectivity index (χ1) is 15.4. The van der Waals surface area contributed by atoms with E-state index < -0.39 is 5.91 Å². The summed E-state index contributed by atoms with van der Waals surface area (Å²) in [6, 6.07) is 7.56. The van der Waals surface area contributed by atoms with Gasteiger partial charge in [0.25, 0.3) is 11.8 Å². The van der Waals surface area contributed by atoms with Crippen LogP contribution in [0.2, 0.25) is 0 Å². The van der Waals surface area contributed by atoms with Gasteiger partial charge in [0.15, 0.2) is 0 Å². The molecule has 2 aromatic heterocycles. The number of nitrogens with two attached hydrogens (primary N) is 1. The average molecular weight is 434 g/mol. The summed E-state index contributed by atoms with van der Waals surface area (Å²) in [5, 5.41) is 0.881. The highest BCUT2D eigenvalue weighted by Gasteiger charge is 2.26. The fourth-order valence-electron chi connectivity index (χ4n) is 4.26. The van der Waals surface area contributed by atoms with Crippen LogP contribution < -0.4 is 10.5 Å². The number of aryl methyl sites for hydroxylation is 2. The number of methoxy groups -OCH3 is 1. The molecular formula is C24H27N5O3. The largest absolute Gasteiger partial charge is 0.497 e. The Morgan fingerprint density at radius 3 is 2.56 bits per heavy atom. The lowest BCUT2D eigenvalue weighted by Crippen LogP contribution is -2.39. The molecule has 2 N–H and O–H groups in total. The number of hydrogen-bond donors (Lipinski definition) is 1. The molecule has 4 rings (SSSR count). The molecule has 166 valence electrons. The van der Waals surface area contributed by atoms with Crippen LogP contribution in [-0.4, -0.2) is 51.9 Å². The van der Waals surface area contributed by atoms with E-state index in [1.165, 1.54) is 6.20 Å². The van der Waals surface area contributed by atoms with E-state index in [0.29, 0.717) is 48.1 Å². The molecule has 0 saturated carbocycles. The van der Waals surface area contributed by atoms with E-state index in [2.05, 4.69) is 15.0 Å². The Hall–Kier alpha value is -3.55. The maximum atomic E-state index is 13.2. The standard InChI is InChI=1S/C24H27N5O3/c1-14-19(12-17-11-18(32-3)4-5-21(17)27-14)24(31)29-8-6-16(7-9-29)10-22-20(23(25)30)13-26-15(2)28-22/h4-5,11-13,16H,6-10H2,1-3H3,(H2,25,30). The molecule has 3 heterocycles. The second-order valence-corrected chi connectivity index (χ2v) is 8.26. The van der Waals surface area contributed by atoms with Gasteiger partial charge in [-0.2, -0.15) is 0 Å². The predicted molar refractivity (Wildman–Crippen MR) is 121 cm³/mol. The number of hydrogen-bond acceptors (Lipinski definition) is 6.